The fourth-order valence-corrected chi connectivity index (χ4v) is 5.87. The van der Waals surface area contributed by atoms with Crippen molar-refractivity contribution in [2.75, 3.05) is 0 Å². The van der Waals surface area contributed by atoms with Gasteiger partial charge in [-0.3, -0.25) is 0 Å². The predicted octanol–water partition coefficient (Wildman–Crippen LogP) is 4.81. The van der Waals surface area contributed by atoms with Crippen molar-refractivity contribution in [3.8, 4) is 0 Å². The summed E-state index contributed by atoms with van der Waals surface area (Å²) in [6, 6.07) is 6.86. The molecule has 0 saturated heterocycles. The Labute approximate surface area is 121 Å². The monoisotopic (exact) mass is 270 g/mol. The van der Waals surface area contributed by atoms with Gasteiger partial charge in [-0.25, -0.2) is 0 Å². The molecule has 0 atom stereocenters. The SMILES string of the molecule is Cc1ccc(C=S)cc1C12CC3CC(CC(C3)C1)C2. The molecular formula is C18H22S. The van der Waals surface area contributed by atoms with E-state index in [1.807, 2.05) is 5.37 Å². The van der Waals surface area contributed by atoms with Crippen molar-refractivity contribution in [2.24, 2.45) is 17.8 Å². The van der Waals surface area contributed by atoms with E-state index in [0.29, 0.717) is 5.41 Å². The Morgan fingerprint density at radius 1 is 1.05 bits per heavy atom. The predicted molar refractivity (Wildman–Crippen MR) is 83.8 cm³/mol. The van der Waals surface area contributed by atoms with Gasteiger partial charge in [-0.15, -0.1) is 0 Å². The van der Waals surface area contributed by atoms with Crippen molar-refractivity contribution in [3.63, 3.8) is 0 Å². The smallest absolute Gasteiger partial charge is 0.00862 e. The Morgan fingerprint density at radius 2 is 1.63 bits per heavy atom. The Morgan fingerprint density at radius 3 is 2.16 bits per heavy atom. The Kier molecular flexibility index (Phi) is 2.64. The second-order valence-electron chi connectivity index (χ2n) is 7.39. The van der Waals surface area contributed by atoms with Gasteiger partial charge in [0.25, 0.3) is 0 Å². The number of hydrogen-bond acceptors (Lipinski definition) is 1. The molecule has 100 valence electrons. The minimum Gasteiger partial charge on any atom is -0.0881 e. The highest BCUT2D eigenvalue weighted by Crippen LogP contribution is 2.61. The molecule has 4 aliphatic carbocycles. The van der Waals surface area contributed by atoms with Gasteiger partial charge in [-0.2, -0.15) is 0 Å². The molecule has 1 aromatic carbocycles. The summed E-state index contributed by atoms with van der Waals surface area (Å²) in [6.07, 6.45) is 8.89. The van der Waals surface area contributed by atoms with Crippen LogP contribution >= 0.6 is 12.2 Å². The van der Waals surface area contributed by atoms with Gasteiger partial charge in [-0.1, -0.05) is 30.4 Å². The third-order valence-electron chi connectivity index (χ3n) is 6.01. The van der Waals surface area contributed by atoms with E-state index < -0.39 is 0 Å². The second kappa shape index (κ2) is 4.15. The van der Waals surface area contributed by atoms with Crippen LogP contribution in [0.1, 0.15) is 55.2 Å². The third-order valence-corrected chi connectivity index (χ3v) is 6.28. The van der Waals surface area contributed by atoms with E-state index in [1.54, 1.807) is 5.56 Å². The minimum atomic E-state index is 0.507. The molecule has 5 rings (SSSR count). The molecule has 4 aliphatic rings. The first-order valence-corrected chi connectivity index (χ1v) is 8.22. The first-order chi connectivity index (χ1) is 9.18. The number of rotatable bonds is 2. The van der Waals surface area contributed by atoms with E-state index in [2.05, 4.69) is 25.1 Å². The summed E-state index contributed by atoms with van der Waals surface area (Å²) in [4.78, 5) is 0. The number of thiocarbonyl (C=S) groups is 1. The molecule has 1 heteroatoms. The van der Waals surface area contributed by atoms with Crippen LogP contribution in [0, 0.1) is 24.7 Å². The van der Waals surface area contributed by atoms with Crippen molar-refractivity contribution < 1.29 is 0 Å². The van der Waals surface area contributed by atoms with Crippen molar-refractivity contribution in [1.82, 2.24) is 0 Å². The zero-order valence-corrected chi connectivity index (χ0v) is 12.5. The van der Waals surface area contributed by atoms with Crippen molar-refractivity contribution in [1.29, 1.82) is 0 Å². The molecule has 0 unspecified atom stereocenters. The number of hydrogen-bond donors (Lipinski definition) is 0. The van der Waals surface area contributed by atoms with E-state index in [1.165, 1.54) is 49.7 Å². The minimum absolute atomic E-state index is 0.507. The van der Waals surface area contributed by atoms with Crippen LogP contribution in [0.15, 0.2) is 18.2 Å². The molecule has 0 radical (unpaired) electrons. The number of benzene rings is 1. The molecule has 1 aromatic rings. The average Bonchev–Trinajstić information content (AvgIpc) is 2.37. The fourth-order valence-electron chi connectivity index (χ4n) is 5.72. The van der Waals surface area contributed by atoms with Crippen LogP contribution in [0.25, 0.3) is 0 Å². The Balaban J connectivity index is 1.81. The van der Waals surface area contributed by atoms with Crippen molar-refractivity contribution in [2.45, 2.75) is 50.9 Å². The first kappa shape index (κ1) is 12.1. The Hall–Kier alpha value is -0.690. The van der Waals surface area contributed by atoms with Crippen LogP contribution in [-0.2, 0) is 5.41 Å². The van der Waals surface area contributed by atoms with Gasteiger partial charge in [0, 0.05) is 5.37 Å². The summed E-state index contributed by atoms with van der Waals surface area (Å²) in [5.74, 6) is 3.05. The largest absolute Gasteiger partial charge is 0.0881 e. The van der Waals surface area contributed by atoms with E-state index in [9.17, 15) is 0 Å². The second-order valence-corrected chi connectivity index (χ2v) is 7.63. The zero-order chi connectivity index (χ0) is 13.0. The van der Waals surface area contributed by atoms with Gasteiger partial charge < -0.3 is 0 Å². The topological polar surface area (TPSA) is 0 Å². The molecule has 4 saturated carbocycles. The maximum absolute atomic E-state index is 5.14. The van der Waals surface area contributed by atoms with Gasteiger partial charge in [0.2, 0.25) is 0 Å². The lowest BCUT2D eigenvalue weighted by Gasteiger charge is -2.57. The maximum atomic E-state index is 5.14. The van der Waals surface area contributed by atoms with Crippen LogP contribution in [-0.4, -0.2) is 5.37 Å². The van der Waals surface area contributed by atoms with E-state index in [-0.39, 0.29) is 0 Å². The van der Waals surface area contributed by atoms with E-state index in [0.717, 1.165) is 17.8 Å². The molecule has 19 heavy (non-hydrogen) atoms. The van der Waals surface area contributed by atoms with Gasteiger partial charge in [0.1, 0.15) is 0 Å². The normalized spacial score (nSPS) is 39.5. The molecule has 0 aliphatic heterocycles. The van der Waals surface area contributed by atoms with Crippen LogP contribution < -0.4 is 0 Å². The highest BCUT2D eigenvalue weighted by Gasteiger charge is 2.51. The van der Waals surface area contributed by atoms with Gasteiger partial charge in [0.15, 0.2) is 0 Å². The van der Waals surface area contributed by atoms with Crippen molar-refractivity contribution in [3.05, 3.63) is 34.9 Å². The van der Waals surface area contributed by atoms with Crippen LogP contribution in [0.4, 0.5) is 0 Å². The molecule has 4 bridgehead atoms. The molecule has 0 heterocycles. The molecule has 0 N–H and O–H groups in total. The lowest BCUT2D eigenvalue weighted by atomic mass is 9.47. The molecule has 0 nitrogen and oxygen atoms in total. The van der Waals surface area contributed by atoms with E-state index in [4.69, 9.17) is 12.2 Å². The molecule has 0 aromatic heterocycles. The third kappa shape index (κ3) is 1.81. The molecular weight excluding hydrogens is 248 g/mol. The van der Waals surface area contributed by atoms with Gasteiger partial charge in [-0.05, 0) is 85.3 Å². The summed E-state index contributed by atoms with van der Waals surface area (Å²) in [6.45, 7) is 2.29. The Bertz CT molecular complexity index is 493. The summed E-state index contributed by atoms with van der Waals surface area (Å²) >= 11 is 5.14. The van der Waals surface area contributed by atoms with Crippen LogP contribution in [0.2, 0.25) is 0 Å². The summed E-state index contributed by atoms with van der Waals surface area (Å²) in [7, 11) is 0. The number of aryl methyl sites for hydroxylation is 1. The highest BCUT2D eigenvalue weighted by molar-refractivity contribution is 7.79. The first-order valence-electron chi connectivity index (χ1n) is 7.75. The zero-order valence-electron chi connectivity index (χ0n) is 11.7. The van der Waals surface area contributed by atoms with Gasteiger partial charge >= 0.3 is 0 Å². The lowest BCUT2D eigenvalue weighted by Crippen LogP contribution is -2.48. The molecule has 0 spiro atoms. The lowest BCUT2D eigenvalue weighted by molar-refractivity contribution is -0.00546. The average molecular weight is 270 g/mol. The molecule has 4 fully saturated rings. The van der Waals surface area contributed by atoms with E-state index >= 15 is 0 Å². The molecule has 0 amide bonds. The fraction of sp³-hybridized carbons (Fsp3) is 0.611. The summed E-state index contributed by atoms with van der Waals surface area (Å²) < 4.78 is 0. The standard InChI is InChI=1S/C18H22S/c1-12-2-3-13(11-19)7-17(12)18-8-14-4-15(9-18)6-16(5-14)10-18/h2-3,7,11,14-16H,4-6,8-10H2,1H3. The van der Waals surface area contributed by atoms with Crippen molar-refractivity contribution >= 4 is 17.6 Å². The quantitative estimate of drug-likeness (QED) is 0.695. The highest BCUT2D eigenvalue weighted by atomic mass is 32.1. The summed E-state index contributed by atoms with van der Waals surface area (Å²) in [5, 5.41) is 1.84. The summed E-state index contributed by atoms with van der Waals surface area (Å²) in [5.41, 5.74) is 4.85. The maximum Gasteiger partial charge on any atom is 0.00862 e. The van der Waals surface area contributed by atoms with Crippen LogP contribution in [0.5, 0.6) is 0 Å². The van der Waals surface area contributed by atoms with Gasteiger partial charge in [0.05, 0.1) is 0 Å². The van der Waals surface area contributed by atoms with Crippen LogP contribution in [0.3, 0.4) is 0 Å².